The number of nitrogens with zero attached hydrogens (tertiary/aromatic N) is 2. The van der Waals surface area contributed by atoms with Gasteiger partial charge in [0.2, 0.25) is 0 Å². The normalized spacial score (nSPS) is 24.3. The molecule has 1 aliphatic rings. The van der Waals surface area contributed by atoms with Gasteiger partial charge in [-0.1, -0.05) is 19.8 Å². The molecule has 1 heterocycles. The Labute approximate surface area is 90.4 Å². The van der Waals surface area contributed by atoms with Crippen LogP contribution in [0.3, 0.4) is 0 Å². The third-order valence-corrected chi connectivity index (χ3v) is 3.13. The van der Waals surface area contributed by atoms with Gasteiger partial charge in [0.1, 0.15) is 0 Å². The van der Waals surface area contributed by atoms with Gasteiger partial charge >= 0.3 is 6.09 Å². The molecule has 1 saturated heterocycles. The summed E-state index contributed by atoms with van der Waals surface area (Å²) in [5.41, 5.74) is 0. The fraction of sp³-hybridized carbons (Fsp3) is 0.889. The fourth-order valence-electron chi connectivity index (χ4n) is 1.94. The van der Waals surface area contributed by atoms with E-state index in [1.54, 1.807) is 0 Å². The summed E-state index contributed by atoms with van der Waals surface area (Å²) >= 11 is 3.99. The van der Waals surface area contributed by atoms with Crippen LogP contribution in [0.4, 0.5) is 4.79 Å². The first-order valence-corrected chi connectivity index (χ1v) is 5.55. The van der Waals surface area contributed by atoms with E-state index in [0.717, 1.165) is 30.2 Å². The third-order valence-electron chi connectivity index (χ3n) is 2.73. The van der Waals surface area contributed by atoms with E-state index >= 15 is 0 Å². The maximum atomic E-state index is 10.8. The lowest BCUT2D eigenvalue weighted by Crippen LogP contribution is -2.45. The topological polar surface area (TPSA) is 43.8 Å². The summed E-state index contributed by atoms with van der Waals surface area (Å²) in [5, 5.41) is 10.7. The highest BCUT2D eigenvalue weighted by Crippen LogP contribution is 2.21. The number of rotatable bonds is 2. The molecule has 82 valence electrons. The van der Waals surface area contributed by atoms with Crippen LogP contribution in [0.5, 0.6) is 0 Å². The van der Waals surface area contributed by atoms with E-state index in [2.05, 4.69) is 19.7 Å². The molecule has 0 saturated carbocycles. The molecule has 0 aromatic heterocycles. The summed E-state index contributed by atoms with van der Waals surface area (Å²) in [7, 11) is 0. The van der Waals surface area contributed by atoms with Crippen LogP contribution in [-0.4, -0.2) is 33.2 Å². The van der Waals surface area contributed by atoms with Gasteiger partial charge in [-0.25, -0.2) is 9.80 Å². The molecule has 1 rings (SSSR count). The lowest BCUT2D eigenvalue weighted by atomic mass is 10.1. The zero-order valence-corrected chi connectivity index (χ0v) is 9.41. The molecular weight excluding hydrogens is 200 g/mol. The van der Waals surface area contributed by atoms with Gasteiger partial charge < -0.3 is 5.11 Å². The standard InChI is InChI=1S/C9H18N2O2S/c1-2-8-6-4-3-5-7-10(8)11(14)9(12)13/h8,14H,2-7H2,1H3,(H,12,13). The molecule has 0 aromatic carbocycles. The quantitative estimate of drug-likeness (QED) is 0.699. The van der Waals surface area contributed by atoms with Gasteiger partial charge in [-0.2, -0.15) is 4.41 Å². The van der Waals surface area contributed by atoms with Crippen LogP contribution in [-0.2, 0) is 0 Å². The second kappa shape index (κ2) is 5.46. The molecule has 0 aromatic rings. The molecule has 5 heteroatoms. The molecule has 1 aliphatic heterocycles. The van der Waals surface area contributed by atoms with Crippen LogP contribution in [0.25, 0.3) is 0 Å². The van der Waals surface area contributed by atoms with Crippen molar-refractivity contribution in [3.8, 4) is 0 Å². The van der Waals surface area contributed by atoms with Crippen LogP contribution in [0, 0.1) is 0 Å². The minimum Gasteiger partial charge on any atom is -0.463 e. The smallest absolute Gasteiger partial charge is 0.432 e. The number of hydrazine groups is 1. The molecule has 0 radical (unpaired) electrons. The average Bonchev–Trinajstić information content (AvgIpc) is 2.40. The van der Waals surface area contributed by atoms with Gasteiger partial charge in [0, 0.05) is 12.6 Å². The van der Waals surface area contributed by atoms with Crippen molar-refractivity contribution in [2.75, 3.05) is 6.54 Å². The van der Waals surface area contributed by atoms with Crippen molar-refractivity contribution >= 4 is 18.9 Å². The van der Waals surface area contributed by atoms with Gasteiger partial charge in [-0.3, -0.25) is 0 Å². The van der Waals surface area contributed by atoms with Crippen molar-refractivity contribution in [2.45, 2.75) is 45.1 Å². The monoisotopic (exact) mass is 218 g/mol. The summed E-state index contributed by atoms with van der Waals surface area (Å²) in [6.45, 7) is 2.89. The zero-order chi connectivity index (χ0) is 10.6. The molecule has 14 heavy (non-hydrogen) atoms. The largest absolute Gasteiger partial charge is 0.463 e. The summed E-state index contributed by atoms with van der Waals surface area (Å²) in [6, 6.07) is 0.325. The van der Waals surface area contributed by atoms with Crippen molar-refractivity contribution in [2.24, 2.45) is 0 Å². The maximum absolute atomic E-state index is 10.8. The van der Waals surface area contributed by atoms with Gasteiger partial charge in [-0.15, -0.1) is 0 Å². The van der Waals surface area contributed by atoms with Gasteiger partial charge in [0.15, 0.2) is 0 Å². The van der Waals surface area contributed by atoms with Crippen molar-refractivity contribution in [1.29, 1.82) is 0 Å². The molecule has 0 aliphatic carbocycles. The Morgan fingerprint density at radius 1 is 1.57 bits per heavy atom. The summed E-state index contributed by atoms with van der Waals surface area (Å²) in [4.78, 5) is 10.8. The predicted octanol–water partition coefficient (Wildman–Crippen LogP) is 2.38. The molecule has 0 bridgehead atoms. The Morgan fingerprint density at radius 3 is 2.86 bits per heavy atom. The van der Waals surface area contributed by atoms with Crippen LogP contribution in [0.2, 0.25) is 0 Å². The second-order valence-electron chi connectivity index (χ2n) is 3.65. The Morgan fingerprint density at radius 2 is 2.29 bits per heavy atom. The Kier molecular flexibility index (Phi) is 4.54. The van der Waals surface area contributed by atoms with E-state index in [0.29, 0.717) is 6.04 Å². The summed E-state index contributed by atoms with van der Waals surface area (Å²) in [6.07, 6.45) is 4.49. The van der Waals surface area contributed by atoms with Crippen LogP contribution >= 0.6 is 12.8 Å². The van der Waals surface area contributed by atoms with Crippen LogP contribution < -0.4 is 0 Å². The molecular formula is C9H18N2O2S. The van der Waals surface area contributed by atoms with Gasteiger partial charge in [0.05, 0.1) is 0 Å². The number of carboxylic acid groups (broad SMARTS) is 1. The molecule has 1 fully saturated rings. The Hall–Kier alpha value is -0.420. The second-order valence-corrected chi connectivity index (χ2v) is 4.03. The van der Waals surface area contributed by atoms with Crippen LogP contribution in [0.1, 0.15) is 39.0 Å². The van der Waals surface area contributed by atoms with Gasteiger partial charge in [0.25, 0.3) is 0 Å². The Bertz CT molecular complexity index is 201. The van der Waals surface area contributed by atoms with Crippen molar-refractivity contribution in [1.82, 2.24) is 9.42 Å². The van der Waals surface area contributed by atoms with Crippen molar-refractivity contribution in [3.05, 3.63) is 0 Å². The average molecular weight is 218 g/mol. The predicted molar refractivity (Wildman–Crippen MR) is 58.1 cm³/mol. The first kappa shape index (κ1) is 11.7. The minimum atomic E-state index is -0.992. The number of amides is 1. The molecule has 1 atom stereocenters. The highest BCUT2D eigenvalue weighted by Gasteiger charge is 2.26. The summed E-state index contributed by atoms with van der Waals surface area (Å²) in [5.74, 6) is 0. The van der Waals surface area contributed by atoms with Crippen molar-refractivity contribution in [3.63, 3.8) is 0 Å². The first-order chi connectivity index (χ1) is 6.66. The van der Waals surface area contributed by atoms with E-state index in [9.17, 15) is 4.79 Å². The summed E-state index contributed by atoms with van der Waals surface area (Å²) < 4.78 is 1.04. The number of hydrogen-bond donors (Lipinski definition) is 2. The highest BCUT2D eigenvalue weighted by atomic mass is 32.1. The Balaban J connectivity index is 2.64. The van der Waals surface area contributed by atoms with E-state index in [1.165, 1.54) is 12.8 Å². The van der Waals surface area contributed by atoms with E-state index < -0.39 is 6.09 Å². The number of hydrogen-bond acceptors (Lipinski definition) is 3. The van der Waals surface area contributed by atoms with Gasteiger partial charge in [-0.05, 0) is 32.1 Å². The molecule has 0 spiro atoms. The molecule has 4 nitrogen and oxygen atoms in total. The van der Waals surface area contributed by atoms with E-state index in [-0.39, 0.29) is 0 Å². The number of carbonyl (C=O) groups is 1. The lowest BCUT2D eigenvalue weighted by molar-refractivity contribution is 0.0300. The zero-order valence-electron chi connectivity index (χ0n) is 8.52. The fourth-order valence-corrected chi connectivity index (χ4v) is 2.17. The minimum absolute atomic E-state index is 0.325. The first-order valence-electron chi connectivity index (χ1n) is 5.15. The molecule has 1 amide bonds. The molecule has 1 N–H and O–H groups in total. The van der Waals surface area contributed by atoms with E-state index in [4.69, 9.17) is 5.11 Å². The third kappa shape index (κ3) is 2.78. The van der Waals surface area contributed by atoms with E-state index in [1.807, 2.05) is 5.01 Å². The highest BCUT2D eigenvalue weighted by molar-refractivity contribution is 7.78. The maximum Gasteiger partial charge on any atom is 0.432 e. The molecule has 1 unspecified atom stereocenters. The SMILES string of the molecule is CCC1CCCCCN1N(S)C(=O)O. The van der Waals surface area contributed by atoms with Crippen LogP contribution in [0.15, 0.2) is 0 Å². The number of thiol groups is 1. The lowest BCUT2D eigenvalue weighted by Gasteiger charge is -2.33. The van der Waals surface area contributed by atoms with Crippen molar-refractivity contribution < 1.29 is 9.90 Å².